The van der Waals surface area contributed by atoms with E-state index in [4.69, 9.17) is 4.74 Å². The highest BCUT2D eigenvalue weighted by Gasteiger charge is 2.37. The molecule has 1 saturated carbocycles. The summed E-state index contributed by atoms with van der Waals surface area (Å²) < 4.78 is 5.64. The molecule has 1 saturated heterocycles. The molecule has 0 radical (unpaired) electrons. The maximum Gasteiger partial charge on any atom is 0.0586 e. The van der Waals surface area contributed by atoms with Crippen molar-refractivity contribution in [1.29, 1.82) is 0 Å². The van der Waals surface area contributed by atoms with Crippen LogP contribution >= 0.6 is 0 Å². The van der Waals surface area contributed by atoms with Crippen LogP contribution in [0.2, 0.25) is 0 Å². The molecule has 2 rings (SSSR count). The molecular formula is C17H34N2O. The lowest BCUT2D eigenvalue weighted by Crippen LogP contribution is -2.63. The van der Waals surface area contributed by atoms with Crippen LogP contribution in [0.25, 0.3) is 0 Å². The van der Waals surface area contributed by atoms with E-state index < -0.39 is 0 Å². The van der Waals surface area contributed by atoms with Gasteiger partial charge in [-0.05, 0) is 37.5 Å². The molecule has 1 aliphatic carbocycles. The van der Waals surface area contributed by atoms with Crippen LogP contribution in [0.3, 0.4) is 0 Å². The third-order valence-electron chi connectivity index (χ3n) is 5.40. The smallest absolute Gasteiger partial charge is 0.0586 e. The van der Waals surface area contributed by atoms with E-state index in [1.807, 2.05) is 7.11 Å². The van der Waals surface area contributed by atoms with E-state index in [1.165, 1.54) is 32.2 Å². The van der Waals surface area contributed by atoms with E-state index >= 15 is 0 Å². The van der Waals surface area contributed by atoms with Crippen LogP contribution < -0.4 is 5.32 Å². The van der Waals surface area contributed by atoms with E-state index in [0.29, 0.717) is 24.1 Å². The molecule has 2 aliphatic rings. The molecule has 0 aromatic heterocycles. The molecule has 0 spiro atoms. The molecule has 4 unspecified atom stereocenters. The number of nitrogens with one attached hydrogen (secondary N) is 1. The molecular weight excluding hydrogens is 248 g/mol. The van der Waals surface area contributed by atoms with Crippen LogP contribution in [0.15, 0.2) is 0 Å². The Kier molecular flexibility index (Phi) is 5.88. The fraction of sp³-hybridized carbons (Fsp3) is 1.00. The van der Waals surface area contributed by atoms with Gasteiger partial charge in [-0.3, -0.25) is 4.90 Å². The Labute approximate surface area is 125 Å². The highest BCUT2D eigenvalue weighted by Crippen LogP contribution is 2.30. The fourth-order valence-electron chi connectivity index (χ4n) is 3.94. The number of piperazine rings is 1. The van der Waals surface area contributed by atoms with Gasteiger partial charge >= 0.3 is 0 Å². The SMILES string of the molecule is COC1CCCC(N2CC(C(C)C)NCC2C(C)C)C1. The van der Waals surface area contributed by atoms with Crippen molar-refractivity contribution in [1.82, 2.24) is 10.2 Å². The molecule has 4 atom stereocenters. The summed E-state index contributed by atoms with van der Waals surface area (Å²) in [6.07, 6.45) is 5.64. The molecule has 2 fully saturated rings. The van der Waals surface area contributed by atoms with Crippen molar-refractivity contribution in [3.8, 4) is 0 Å². The zero-order chi connectivity index (χ0) is 14.7. The summed E-state index contributed by atoms with van der Waals surface area (Å²) >= 11 is 0. The van der Waals surface area contributed by atoms with Gasteiger partial charge in [0.25, 0.3) is 0 Å². The number of hydrogen-bond acceptors (Lipinski definition) is 3. The first-order valence-electron chi connectivity index (χ1n) is 8.54. The lowest BCUT2D eigenvalue weighted by Gasteiger charge is -2.49. The predicted octanol–water partition coefficient (Wildman–Crippen LogP) is 2.90. The van der Waals surface area contributed by atoms with Crippen LogP contribution in [0.4, 0.5) is 0 Å². The highest BCUT2D eigenvalue weighted by molar-refractivity contribution is 4.94. The van der Waals surface area contributed by atoms with Crippen molar-refractivity contribution < 1.29 is 4.74 Å². The van der Waals surface area contributed by atoms with Crippen LogP contribution in [-0.4, -0.2) is 49.3 Å². The van der Waals surface area contributed by atoms with Gasteiger partial charge in [0.05, 0.1) is 6.10 Å². The predicted molar refractivity (Wildman–Crippen MR) is 85.0 cm³/mol. The topological polar surface area (TPSA) is 24.5 Å². The Bertz CT molecular complexity index is 293. The molecule has 1 heterocycles. The summed E-state index contributed by atoms with van der Waals surface area (Å²) in [7, 11) is 1.88. The number of nitrogens with zero attached hydrogens (tertiary/aromatic N) is 1. The molecule has 20 heavy (non-hydrogen) atoms. The van der Waals surface area contributed by atoms with Gasteiger partial charge in [0.15, 0.2) is 0 Å². The van der Waals surface area contributed by atoms with Crippen molar-refractivity contribution in [2.24, 2.45) is 11.8 Å². The second-order valence-electron chi connectivity index (χ2n) is 7.45. The monoisotopic (exact) mass is 282 g/mol. The van der Waals surface area contributed by atoms with Crippen LogP contribution in [0, 0.1) is 11.8 Å². The number of ether oxygens (including phenoxy) is 1. The average molecular weight is 282 g/mol. The molecule has 3 nitrogen and oxygen atoms in total. The third kappa shape index (κ3) is 3.75. The standard InChI is InChI=1S/C17H34N2O/c1-12(2)16-11-19(17(10-18-16)13(3)4)14-7-6-8-15(9-14)20-5/h12-18H,6-11H2,1-5H3. The van der Waals surface area contributed by atoms with Gasteiger partial charge in [-0.25, -0.2) is 0 Å². The Balaban J connectivity index is 2.06. The van der Waals surface area contributed by atoms with Crippen molar-refractivity contribution >= 4 is 0 Å². The minimum Gasteiger partial charge on any atom is -0.381 e. The van der Waals surface area contributed by atoms with E-state index in [2.05, 4.69) is 37.9 Å². The van der Waals surface area contributed by atoms with Gasteiger partial charge in [-0.2, -0.15) is 0 Å². The average Bonchev–Trinajstić information content (AvgIpc) is 2.46. The van der Waals surface area contributed by atoms with Crippen LogP contribution in [0.5, 0.6) is 0 Å². The third-order valence-corrected chi connectivity index (χ3v) is 5.40. The van der Waals surface area contributed by atoms with E-state index in [0.717, 1.165) is 18.5 Å². The lowest BCUT2D eigenvalue weighted by molar-refractivity contribution is -0.0139. The van der Waals surface area contributed by atoms with E-state index in [-0.39, 0.29) is 0 Å². The Morgan fingerprint density at radius 3 is 2.45 bits per heavy atom. The maximum atomic E-state index is 5.64. The fourth-order valence-corrected chi connectivity index (χ4v) is 3.94. The van der Waals surface area contributed by atoms with Gasteiger partial charge in [-0.15, -0.1) is 0 Å². The molecule has 3 heteroatoms. The summed E-state index contributed by atoms with van der Waals surface area (Å²) in [5.41, 5.74) is 0. The quantitative estimate of drug-likeness (QED) is 0.858. The molecule has 0 amide bonds. The largest absolute Gasteiger partial charge is 0.381 e. The number of rotatable bonds is 4. The first-order valence-corrected chi connectivity index (χ1v) is 8.54. The zero-order valence-corrected chi connectivity index (χ0v) is 14.1. The molecule has 0 aromatic rings. The molecule has 1 aliphatic heterocycles. The van der Waals surface area contributed by atoms with Gasteiger partial charge in [0.1, 0.15) is 0 Å². The minimum absolute atomic E-state index is 0.481. The zero-order valence-electron chi connectivity index (χ0n) is 14.1. The van der Waals surface area contributed by atoms with Crippen molar-refractivity contribution in [3.05, 3.63) is 0 Å². The second-order valence-corrected chi connectivity index (χ2v) is 7.45. The highest BCUT2D eigenvalue weighted by atomic mass is 16.5. The molecule has 0 aromatic carbocycles. The van der Waals surface area contributed by atoms with Crippen molar-refractivity contribution in [2.75, 3.05) is 20.2 Å². The molecule has 118 valence electrons. The Hall–Kier alpha value is -0.120. The summed E-state index contributed by atoms with van der Waals surface area (Å²) in [6.45, 7) is 11.8. The first kappa shape index (κ1) is 16.3. The van der Waals surface area contributed by atoms with E-state index in [1.54, 1.807) is 0 Å². The molecule has 1 N–H and O–H groups in total. The van der Waals surface area contributed by atoms with Gasteiger partial charge in [-0.1, -0.05) is 27.7 Å². The van der Waals surface area contributed by atoms with Crippen molar-refractivity contribution in [2.45, 2.75) is 77.6 Å². The lowest BCUT2D eigenvalue weighted by atomic mass is 9.86. The second kappa shape index (κ2) is 7.24. The molecule has 0 bridgehead atoms. The number of hydrogen-bond donors (Lipinski definition) is 1. The summed E-state index contributed by atoms with van der Waals surface area (Å²) in [6, 6.07) is 2.06. The van der Waals surface area contributed by atoms with Crippen molar-refractivity contribution in [3.63, 3.8) is 0 Å². The van der Waals surface area contributed by atoms with Gasteiger partial charge < -0.3 is 10.1 Å². The van der Waals surface area contributed by atoms with Crippen LogP contribution in [-0.2, 0) is 4.74 Å². The van der Waals surface area contributed by atoms with E-state index in [9.17, 15) is 0 Å². The van der Waals surface area contributed by atoms with Gasteiger partial charge in [0, 0.05) is 38.3 Å². The first-order chi connectivity index (χ1) is 9.52. The Morgan fingerprint density at radius 2 is 1.85 bits per heavy atom. The summed E-state index contributed by atoms with van der Waals surface area (Å²) in [4.78, 5) is 2.82. The van der Waals surface area contributed by atoms with Gasteiger partial charge in [0.2, 0.25) is 0 Å². The minimum atomic E-state index is 0.481. The normalized spacial score (nSPS) is 36.8. The summed E-state index contributed by atoms with van der Waals surface area (Å²) in [5, 5.41) is 3.77. The maximum absolute atomic E-state index is 5.64. The summed E-state index contributed by atoms with van der Waals surface area (Å²) in [5.74, 6) is 1.44. The van der Waals surface area contributed by atoms with Crippen LogP contribution in [0.1, 0.15) is 53.4 Å². The number of methoxy groups -OCH3 is 1. The Morgan fingerprint density at radius 1 is 1.10 bits per heavy atom.